The normalized spacial score (nSPS) is 12.6. The van der Waals surface area contributed by atoms with E-state index in [0.29, 0.717) is 5.82 Å². The van der Waals surface area contributed by atoms with Crippen LogP contribution in [0.2, 0.25) is 0 Å². The maximum atomic E-state index is 6.32. The molecule has 1 aliphatic carbocycles. The molecule has 0 amide bonds. The van der Waals surface area contributed by atoms with E-state index in [2.05, 4.69) is 200 Å². The van der Waals surface area contributed by atoms with Crippen LogP contribution in [0.3, 0.4) is 0 Å². The second-order valence-corrected chi connectivity index (χ2v) is 16.1. The molecule has 1 aliphatic rings. The van der Waals surface area contributed by atoms with Crippen molar-refractivity contribution >= 4 is 21.9 Å². The number of fused-ring (bicyclic) bond motifs is 6. The molecular formula is C59H38N2O. The summed E-state index contributed by atoms with van der Waals surface area (Å²) in [5, 5.41) is 2.25. The smallest absolute Gasteiger partial charge is 0.160 e. The molecule has 9 aromatic carbocycles. The Labute approximate surface area is 360 Å². The second kappa shape index (κ2) is 14.5. The Morgan fingerprint density at radius 1 is 0.306 bits per heavy atom. The van der Waals surface area contributed by atoms with E-state index in [9.17, 15) is 0 Å². The first-order chi connectivity index (χ1) is 30.7. The summed E-state index contributed by atoms with van der Waals surface area (Å²) in [5.41, 5.74) is 18.0. The number of aromatic nitrogens is 2. The number of benzene rings is 9. The van der Waals surface area contributed by atoms with Crippen LogP contribution >= 0.6 is 0 Å². The number of hydrogen-bond donors (Lipinski definition) is 0. The topological polar surface area (TPSA) is 38.9 Å². The zero-order valence-electron chi connectivity index (χ0n) is 33.7. The van der Waals surface area contributed by atoms with Crippen molar-refractivity contribution in [2.24, 2.45) is 0 Å². The van der Waals surface area contributed by atoms with E-state index in [-0.39, 0.29) is 0 Å². The van der Waals surface area contributed by atoms with Crippen molar-refractivity contribution in [2.75, 3.05) is 0 Å². The molecule has 0 spiro atoms. The number of hydrogen-bond acceptors (Lipinski definition) is 3. The first kappa shape index (κ1) is 35.8. The standard InChI is InChI=1S/C59H38N2O/c1-4-17-39(18-5-1)58-60-54(42-20-16-19-40(35-42)46-25-10-11-26-47(46)41-31-34-51-50-28-13-15-30-56(50)62-57(51)37-41)38-55(61-58)43-32-33-49-48-27-12-14-29-52(48)59(53(49)36-43,44-21-6-2-7-22-44)45-23-8-3-9-24-45/h1-38H. The van der Waals surface area contributed by atoms with Crippen LogP contribution in [0.25, 0.3) is 89.2 Å². The fourth-order valence-electron chi connectivity index (χ4n) is 9.79. The van der Waals surface area contributed by atoms with Gasteiger partial charge in [0.2, 0.25) is 0 Å². The number of nitrogens with zero attached hydrogens (tertiary/aromatic N) is 2. The zero-order chi connectivity index (χ0) is 41.0. The fourth-order valence-corrected chi connectivity index (χ4v) is 9.79. The lowest BCUT2D eigenvalue weighted by Gasteiger charge is -2.34. The van der Waals surface area contributed by atoms with Crippen LogP contribution < -0.4 is 0 Å². The van der Waals surface area contributed by atoms with E-state index < -0.39 is 5.41 Å². The Morgan fingerprint density at radius 3 is 1.55 bits per heavy atom. The molecule has 3 nitrogen and oxygen atoms in total. The molecule has 2 aromatic heterocycles. The van der Waals surface area contributed by atoms with E-state index in [0.717, 1.165) is 72.3 Å². The lowest BCUT2D eigenvalue weighted by molar-refractivity contribution is 0.669. The van der Waals surface area contributed by atoms with E-state index in [1.54, 1.807) is 0 Å². The highest BCUT2D eigenvalue weighted by Gasteiger charge is 2.46. The molecule has 0 N–H and O–H groups in total. The summed E-state index contributed by atoms with van der Waals surface area (Å²) in [7, 11) is 0. The highest BCUT2D eigenvalue weighted by molar-refractivity contribution is 6.06. The van der Waals surface area contributed by atoms with E-state index in [4.69, 9.17) is 14.4 Å². The summed E-state index contributed by atoms with van der Waals surface area (Å²) < 4.78 is 6.32. The Kier molecular flexibility index (Phi) is 8.39. The van der Waals surface area contributed by atoms with Crippen LogP contribution in [0, 0.1) is 0 Å². The molecule has 3 heteroatoms. The molecule has 0 saturated carbocycles. The SMILES string of the molecule is c1ccc(-c2nc(-c3cccc(-c4ccccc4-c4ccc5c(c4)oc4ccccc45)c3)cc(-c3ccc4c(c3)C(c3ccccc3)(c3ccccc3)c3ccccc3-4)n2)cc1. The monoisotopic (exact) mass is 790 g/mol. The average Bonchev–Trinajstić information content (AvgIpc) is 3.88. The van der Waals surface area contributed by atoms with E-state index in [1.807, 2.05) is 30.3 Å². The van der Waals surface area contributed by atoms with Crippen LogP contribution in [0.15, 0.2) is 235 Å². The molecular weight excluding hydrogens is 753 g/mol. The lowest BCUT2D eigenvalue weighted by Crippen LogP contribution is -2.28. The van der Waals surface area contributed by atoms with Crippen molar-refractivity contribution in [3.63, 3.8) is 0 Å². The summed E-state index contributed by atoms with van der Waals surface area (Å²) in [5.74, 6) is 0.684. The molecule has 2 heterocycles. The van der Waals surface area contributed by atoms with Crippen LogP contribution in [-0.4, -0.2) is 9.97 Å². The van der Waals surface area contributed by atoms with Gasteiger partial charge in [0.25, 0.3) is 0 Å². The van der Waals surface area contributed by atoms with Gasteiger partial charge in [-0.25, -0.2) is 9.97 Å². The Balaban J connectivity index is 1.01. The van der Waals surface area contributed by atoms with Gasteiger partial charge in [-0.1, -0.05) is 194 Å². The Hall–Kier alpha value is -8.14. The van der Waals surface area contributed by atoms with Crippen LogP contribution in [0.5, 0.6) is 0 Å². The van der Waals surface area contributed by atoms with Gasteiger partial charge in [0.1, 0.15) is 11.2 Å². The Morgan fingerprint density at radius 2 is 0.823 bits per heavy atom. The third-order valence-electron chi connectivity index (χ3n) is 12.6. The summed E-state index contributed by atoms with van der Waals surface area (Å²) in [6.07, 6.45) is 0. The van der Waals surface area contributed by atoms with Crippen molar-refractivity contribution < 1.29 is 4.42 Å². The molecule has 290 valence electrons. The largest absolute Gasteiger partial charge is 0.456 e. The first-order valence-corrected chi connectivity index (χ1v) is 21.1. The van der Waals surface area contributed by atoms with Gasteiger partial charge in [-0.3, -0.25) is 0 Å². The molecule has 0 bridgehead atoms. The molecule has 0 fully saturated rings. The third kappa shape index (κ3) is 5.74. The molecule has 12 rings (SSSR count). The second-order valence-electron chi connectivity index (χ2n) is 16.1. The van der Waals surface area contributed by atoms with E-state index >= 15 is 0 Å². The lowest BCUT2D eigenvalue weighted by atomic mass is 9.67. The molecule has 0 atom stereocenters. The van der Waals surface area contributed by atoms with Crippen molar-refractivity contribution in [1.29, 1.82) is 0 Å². The number of rotatable bonds is 7. The van der Waals surface area contributed by atoms with Crippen molar-refractivity contribution in [1.82, 2.24) is 9.97 Å². The summed E-state index contributed by atoms with van der Waals surface area (Å²) in [4.78, 5) is 10.6. The van der Waals surface area contributed by atoms with Gasteiger partial charge in [0.15, 0.2) is 5.82 Å². The maximum absolute atomic E-state index is 6.32. The summed E-state index contributed by atoms with van der Waals surface area (Å²) in [6.45, 7) is 0. The van der Waals surface area contributed by atoms with Gasteiger partial charge in [0, 0.05) is 27.5 Å². The van der Waals surface area contributed by atoms with Gasteiger partial charge in [-0.15, -0.1) is 0 Å². The van der Waals surface area contributed by atoms with Gasteiger partial charge < -0.3 is 4.42 Å². The van der Waals surface area contributed by atoms with Crippen LogP contribution in [0.1, 0.15) is 22.3 Å². The number of furan rings is 1. The third-order valence-corrected chi connectivity index (χ3v) is 12.6. The molecule has 0 saturated heterocycles. The van der Waals surface area contributed by atoms with E-state index in [1.165, 1.54) is 33.4 Å². The van der Waals surface area contributed by atoms with Gasteiger partial charge in [-0.05, 0) is 92.0 Å². The summed E-state index contributed by atoms with van der Waals surface area (Å²) >= 11 is 0. The minimum absolute atomic E-state index is 0.515. The fraction of sp³-hybridized carbons (Fsp3) is 0.0169. The van der Waals surface area contributed by atoms with Crippen LogP contribution in [-0.2, 0) is 5.41 Å². The average molecular weight is 791 g/mol. The quantitative estimate of drug-likeness (QED) is 0.161. The Bertz CT molecular complexity index is 3420. The van der Waals surface area contributed by atoms with Crippen LogP contribution in [0.4, 0.5) is 0 Å². The van der Waals surface area contributed by atoms with Crippen molar-refractivity contribution in [3.8, 4) is 67.3 Å². The molecule has 0 aliphatic heterocycles. The molecule has 0 unspecified atom stereocenters. The maximum Gasteiger partial charge on any atom is 0.160 e. The molecule has 0 radical (unpaired) electrons. The number of para-hydroxylation sites is 1. The minimum atomic E-state index is -0.515. The van der Waals surface area contributed by atoms with Gasteiger partial charge in [-0.2, -0.15) is 0 Å². The first-order valence-electron chi connectivity index (χ1n) is 21.1. The molecule has 62 heavy (non-hydrogen) atoms. The van der Waals surface area contributed by atoms with Gasteiger partial charge >= 0.3 is 0 Å². The highest BCUT2D eigenvalue weighted by Crippen LogP contribution is 2.56. The highest BCUT2D eigenvalue weighted by atomic mass is 16.3. The predicted octanol–water partition coefficient (Wildman–Crippen LogP) is 15.1. The summed E-state index contributed by atoms with van der Waals surface area (Å²) in [6, 6.07) is 82.2. The zero-order valence-corrected chi connectivity index (χ0v) is 33.7. The van der Waals surface area contributed by atoms with Crippen molar-refractivity contribution in [2.45, 2.75) is 5.41 Å². The minimum Gasteiger partial charge on any atom is -0.456 e. The predicted molar refractivity (Wildman–Crippen MR) is 254 cm³/mol. The van der Waals surface area contributed by atoms with Gasteiger partial charge in [0.05, 0.1) is 16.8 Å². The van der Waals surface area contributed by atoms with Crippen molar-refractivity contribution in [3.05, 3.63) is 253 Å². The molecule has 11 aromatic rings.